The number of ether oxygens (including phenoxy) is 1. The number of nitriles is 2. The lowest BCUT2D eigenvalue weighted by molar-refractivity contribution is -0.129. The Kier molecular flexibility index (Phi) is 10.8. The van der Waals surface area contributed by atoms with E-state index < -0.39 is 36.3 Å². The molecular formula is C35H30ClF2N5O4. The van der Waals surface area contributed by atoms with Gasteiger partial charge in [-0.2, -0.15) is 19.3 Å². The van der Waals surface area contributed by atoms with E-state index in [0.717, 1.165) is 5.39 Å². The second-order valence-corrected chi connectivity index (χ2v) is 10.9. The van der Waals surface area contributed by atoms with E-state index >= 15 is 0 Å². The molecule has 0 bridgehead atoms. The van der Waals surface area contributed by atoms with Crippen LogP contribution in [-0.2, 0) is 16.1 Å². The van der Waals surface area contributed by atoms with E-state index in [-0.39, 0.29) is 53.7 Å². The third kappa shape index (κ3) is 7.16. The second kappa shape index (κ2) is 14.7. The molecule has 0 saturated heterocycles. The molecule has 0 saturated carbocycles. The molecule has 0 radical (unpaired) electrons. The van der Waals surface area contributed by atoms with Crippen molar-refractivity contribution in [2.24, 2.45) is 5.92 Å². The average molecular weight is 658 g/mol. The van der Waals surface area contributed by atoms with Crippen molar-refractivity contribution in [3.8, 4) is 17.9 Å². The highest BCUT2D eigenvalue weighted by Gasteiger charge is 2.38. The summed E-state index contributed by atoms with van der Waals surface area (Å²) < 4.78 is 32.0. The van der Waals surface area contributed by atoms with Gasteiger partial charge in [-0.15, -0.1) is 12.4 Å². The van der Waals surface area contributed by atoms with Gasteiger partial charge in [-0.3, -0.25) is 14.4 Å². The number of anilines is 2. The van der Waals surface area contributed by atoms with E-state index in [1.54, 1.807) is 37.3 Å². The summed E-state index contributed by atoms with van der Waals surface area (Å²) in [6.45, 7) is -0.125. The minimum absolute atomic E-state index is 0. The van der Waals surface area contributed by atoms with Crippen molar-refractivity contribution in [3.05, 3.63) is 101 Å². The number of rotatable bonds is 8. The summed E-state index contributed by atoms with van der Waals surface area (Å²) in [6, 6.07) is 23.4. The molecule has 9 nitrogen and oxygen atoms in total. The van der Waals surface area contributed by atoms with Gasteiger partial charge in [0.05, 0.1) is 47.7 Å². The number of carbonyl (C=O) groups is 3. The Balaban J connectivity index is 0.00000500. The number of nitrogens with zero attached hydrogens (tertiary/aromatic N) is 4. The number of benzene rings is 4. The first-order chi connectivity index (χ1) is 22.1. The zero-order valence-corrected chi connectivity index (χ0v) is 26.3. The fraction of sp³-hybridized carbons (Fsp3) is 0.229. The van der Waals surface area contributed by atoms with Gasteiger partial charge in [-0.05, 0) is 65.7 Å². The molecule has 1 aliphatic heterocycles. The Morgan fingerprint density at radius 3 is 2.32 bits per heavy atom. The Labute approximate surface area is 276 Å². The van der Waals surface area contributed by atoms with Crippen LogP contribution in [0.4, 0.5) is 20.2 Å². The Morgan fingerprint density at radius 2 is 1.66 bits per heavy atom. The lowest BCUT2D eigenvalue weighted by Crippen LogP contribution is -2.53. The van der Waals surface area contributed by atoms with Gasteiger partial charge in [-0.1, -0.05) is 44.2 Å². The molecule has 0 unspecified atom stereocenters. The number of fused-ring (bicyclic) bond motifs is 2. The zero-order chi connectivity index (χ0) is 33.0. The summed E-state index contributed by atoms with van der Waals surface area (Å²) >= 11 is 0. The van der Waals surface area contributed by atoms with E-state index in [1.165, 1.54) is 58.3 Å². The SMILES string of the molecule is CC[C@@H](C)C(=O)N[C@H]1CN(C(=O)c2ccc(C#N)cc2)c2cc(C#N)ccc2N(Cc2c(OC(F)F)ccc3ccccc23)C1=O.Cl. The van der Waals surface area contributed by atoms with Crippen molar-refractivity contribution in [1.29, 1.82) is 10.5 Å². The fourth-order valence-electron chi connectivity index (χ4n) is 5.35. The molecule has 5 rings (SSSR count). The lowest BCUT2D eigenvalue weighted by atomic mass is 10.0. The molecule has 1 N–H and O–H groups in total. The topological polar surface area (TPSA) is 127 Å². The summed E-state index contributed by atoms with van der Waals surface area (Å²) in [7, 11) is 0. The quantitative estimate of drug-likeness (QED) is 0.236. The Morgan fingerprint density at radius 1 is 0.979 bits per heavy atom. The van der Waals surface area contributed by atoms with Crippen LogP contribution in [0.2, 0.25) is 0 Å². The molecule has 0 fully saturated rings. The highest BCUT2D eigenvalue weighted by atomic mass is 35.5. The maximum atomic E-state index is 14.5. The number of alkyl halides is 2. The van der Waals surface area contributed by atoms with Gasteiger partial charge in [-0.25, -0.2) is 0 Å². The molecule has 47 heavy (non-hydrogen) atoms. The van der Waals surface area contributed by atoms with Gasteiger partial charge < -0.3 is 19.9 Å². The molecule has 0 aliphatic carbocycles. The van der Waals surface area contributed by atoms with E-state index in [4.69, 9.17) is 4.74 Å². The van der Waals surface area contributed by atoms with Gasteiger partial charge in [0, 0.05) is 17.0 Å². The third-order valence-corrected chi connectivity index (χ3v) is 8.03. The van der Waals surface area contributed by atoms with Crippen LogP contribution in [0, 0.1) is 28.6 Å². The smallest absolute Gasteiger partial charge is 0.387 e. The minimum Gasteiger partial charge on any atom is -0.434 e. The summed E-state index contributed by atoms with van der Waals surface area (Å²) in [5, 5.41) is 23.1. The number of amides is 3. The van der Waals surface area contributed by atoms with Gasteiger partial charge in [0.25, 0.3) is 11.8 Å². The van der Waals surface area contributed by atoms with Crippen LogP contribution in [0.5, 0.6) is 5.75 Å². The van der Waals surface area contributed by atoms with Crippen LogP contribution in [0.1, 0.15) is 47.3 Å². The number of hydrogen-bond acceptors (Lipinski definition) is 6. The predicted octanol–water partition coefficient (Wildman–Crippen LogP) is 6.33. The van der Waals surface area contributed by atoms with Crippen molar-refractivity contribution in [2.75, 3.05) is 16.3 Å². The first-order valence-electron chi connectivity index (χ1n) is 14.6. The summed E-state index contributed by atoms with van der Waals surface area (Å²) in [6.07, 6.45) is 0.500. The minimum atomic E-state index is -3.13. The average Bonchev–Trinajstić information content (AvgIpc) is 3.18. The van der Waals surface area contributed by atoms with Crippen molar-refractivity contribution in [1.82, 2.24) is 5.32 Å². The molecule has 12 heteroatoms. The van der Waals surface area contributed by atoms with Gasteiger partial charge in [0.2, 0.25) is 5.91 Å². The summed E-state index contributed by atoms with van der Waals surface area (Å²) in [5.74, 6) is -2.10. The van der Waals surface area contributed by atoms with Crippen molar-refractivity contribution >= 4 is 52.3 Å². The molecular weight excluding hydrogens is 628 g/mol. The van der Waals surface area contributed by atoms with E-state index in [1.807, 2.05) is 13.0 Å². The largest absolute Gasteiger partial charge is 0.434 e. The summed E-state index contributed by atoms with van der Waals surface area (Å²) in [4.78, 5) is 44.3. The van der Waals surface area contributed by atoms with Crippen LogP contribution >= 0.6 is 12.4 Å². The molecule has 240 valence electrons. The molecule has 1 heterocycles. The fourth-order valence-corrected chi connectivity index (χ4v) is 5.35. The van der Waals surface area contributed by atoms with E-state index in [0.29, 0.717) is 22.9 Å². The van der Waals surface area contributed by atoms with Gasteiger partial charge >= 0.3 is 6.61 Å². The maximum Gasteiger partial charge on any atom is 0.387 e. The molecule has 2 atom stereocenters. The molecule has 4 aromatic rings. The number of carbonyl (C=O) groups excluding carboxylic acids is 3. The first-order valence-corrected chi connectivity index (χ1v) is 14.6. The normalized spacial score (nSPS) is 14.7. The van der Waals surface area contributed by atoms with Crippen LogP contribution in [-0.4, -0.2) is 36.9 Å². The molecule has 0 spiro atoms. The number of nitrogens with one attached hydrogen (secondary N) is 1. The van der Waals surface area contributed by atoms with E-state index in [9.17, 15) is 33.7 Å². The van der Waals surface area contributed by atoms with Crippen molar-refractivity contribution in [2.45, 2.75) is 39.5 Å². The second-order valence-electron chi connectivity index (χ2n) is 10.9. The lowest BCUT2D eigenvalue weighted by Gasteiger charge is -2.27. The Bertz CT molecular complexity index is 1910. The first kappa shape index (κ1) is 34.4. The number of halogens is 3. The maximum absolute atomic E-state index is 14.5. The standard InChI is InChI=1S/C35H29F2N5O4.ClH/c1-3-21(2)32(43)40-28-20-42(33(44)25-11-8-22(17-38)9-12-25)30-16-23(18-39)10-14-29(30)41(34(28)45)19-27-26-7-5-4-6-24(26)13-15-31(27)46-35(36)37;/h4-16,21,28,35H,3,19-20H2,1-2H3,(H,40,43);1H/t21-,28+;/m1./s1. The Hall–Kier alpha value is -5.52. The van der Waals surface area contributed by atoms with Crippen LogP contribution in [0.15, 0.2) is 78.9 Å². The predicted molar refractivity (Wildman–Crippen MR) is 174 cm³/mol. The molecule has 4 aromatic carbocycles. The van der Waals surface area contributed by atoms with Crippen LogP contribution in [0.3, 0.4) is 0 Å². The van der Waals surface area contributed by atoms with Crippen molar-refractivity contribution in [3.63, 3.8) is 0 Å². The van der Waals surface area contributed by atoms with Crippen molar-refractivity contribution < 1.29 is 27.9 Å². The molecule has 3 amide bonds. The molecule has 0 aromatic heterocycles. The summed E-state index contributed by atoms with van der Waals surface area (Å²) in [5.41, 5.74) is 1.48. The van der Waals surface area contributed by atoms with Crippen LogP contribution in [0.25, 0.3) is 10.8 Å². The highest BCUT2D eigenvalue weighted by Crippen LogP contribution is 2.38. The van der Waals surface area contributed by atoms with Gasteiger partial charge in [0.15, 0.2) is 0 Å². The van der Waals surface area contributed by atoms with E-state index in [2.05, 4.69) is 11.4 Å². The zero-order valence-electron chi connectivity index (χ0n) is 25.4. The van der Waals surface area contributed by atoms with Crippen LogP contribution < -0.4 is 19.9 Å². The highest BCUT2D eigenvalue weighted by molar-refractivity contribution is 6.13. The van der Waals surface area contributed by atoms with Gasteiger partial charge in [0.1, 0.15) is 11.8 Å². The monoisotopic (exact) mass is 657 g/mol. The number of hydrogen-bond donors (Lipinski definition) is 1. The third-order valence-electron chi connectivity index (χ3n) is 8.03. The molecule has 1 aliphatic rings.